The van der Waals surface area contributed by atoms with Crippen molar-refractivity contribution >= 4 is 17.6 Å². The molecule has 1 aromatic heterocycles. The summed E-state index contributed by atoms with van der Waals surface area (Å²) in [6.45, 7) is 8.63. The number of hydrogen-bond acceptors (Lipinski definition) is 3. The highest BCUT2D eigenvalue weighted by Crippen LogP contribution is 2.29. The highest BCUT2D eigenvalue weighted by molar-refractivity contribution is 5.95. The van der Waals surface area contributed by atoms with Crippen molar-refractivity contribution in [1.82, 2.24) is 19.8 Å². The van der Waals surface area contributed by atoms with Crippen LogP contribution in [0.3, 0.4) is 0 Å². The Morgan fingerprint density at radius 1 is 1.29 bits per heavy atom. The standard InChI is InChI=1S/C24H34N6O/c1-3-26-24(28-14-10-19(2)22(17-28)29-16-13-25-18-29)27-12-6-9-23(31)30-15-11-20-7-4-5-8-21(20)30/h4-5,7-8,13,16,18-19,22H,3,6,9-12,14-15,17H2,1-2H3,(H,26,27). The van der Waals surface area contributed by atoms with Crippen LogP contribution >= 0.6 is 0 Å². The van der Waals surface area contributed by atoms with Gasteiger partial charge in [0.05, 0.1) is 12.4 Å². The summed E-state index contributed by atoms with van der Waals surface area (Å²) in [6, 6.07) is 8.62. The number of carbonyl (C=O) groups is 1. The number of rotatable bonds is 6. The maximum Gasteiger partial charge on any atom is 0.227 e. The summed E-state index contributed by atoms with van der Waals surface area (Å²) >= 11 is 0. The molecule has 166 valence electrons. The van der Waals surface area contributed by atoms with Gasteiger partial charge >= 0.3 is 0 Å². The number of hydrogen-bond donors (Lipinski definition) is 1. The molecule has 2 atom stereocenters. The van der Waals surface area contributed by atoms with Gasteiger partial charge in [-0.1, -0.05) is 25.1 Å². The molecular formula is C24H34N6O. The third kappa shape index (κ3) is 4.92. The van der Waals surface area contributed by atoms with Crippen LogP contribution in [0.15, 0.2) is 48.0 Å². The number of nitrogens with zero attached hydrogens (tertiary/aromatic N) is 5. The molecule has 2 unspecified atom stereocenters. The third-order valence-electron chi connectivity index (χ3n) is 6.46. The molecule has 2 aromatic rings. The van der Waals surface area contributed by atoms with E-state index in [1.54, 1.807) is 0 Å². The molecular weight excluding hydrogens is 388 g/mol. The molecule has 2 aliphatic rings. The molecule has 7 nitrogen and oxygen atoms in total. The summed E-state index contributed by atoms with van der Waals surface area (Å²) in [7, 11) is 0. The van der Waals surface area contributed by atoms with Gasteiger partial charge in [-0.3, -0.25) is 9.79 Å². The highest BCUT2D eigenvalue weighted by atomic mass is 16.2. The van der Waals surface area contributed by atoms with Gasteiger partial charge in [0.25, 0.3) is 0 Å². The minimum absolute atomic E-state index is 0.206. The number of nitrogens with one attached hydrogen (secondary N) is 1. The van der Waals surface area contributed by atoms with Crippen molar-refractivity contribution in [3.05, 3.63) is 48.5 Å². The second kappa shape index (κ2) is 9.98. The number of amides is 1. The van der Waals surface area contributed by atoms with Crippen LogP contribution in [0.25, 0.3) is 0 Å². The van der Waals surface area contributed by atoms with E-state index >= 15 is 0 Å². The van der Waals surface area contributed by atoms with E-state index in [9.17, 15) is 4.79 Å². The molecule has 0 saturated carbocycles. The molecule has 1 aromatic carbocycles. The van der Waals surface area contributed by atoms with Crippen molar-refractivity contribution < 1.29 is 4.79 Å². The lowest BCUT2D eigenvalue weighted by Gasteiger charge is -2.39. The zero-order valence-corrected chi connectivity index (χ0v) is 18.7. The van der Waals surface area contributed by atoms with Gasteiger partial charge in [-0.2, -0.15) is 0 Å². The molecule has 31 heavy (non-hydrogen) atoms. The van der Waals surface area contributed by atoms with Gasteiger partial charge in [0.2, 0.25) is 5.91 Å². The topological polar surface area (TPSA) is 65.8 Å². The Morgan fingerprint density at radius 3 is 2.97 bits per heavy atom. The highest BCUT2D eigenvalue weighted by Gasteiger charge is 2.29. The fraction of sp³-hybridized carbons (Fsp3) is 0.542. The minimum atomic E-state index is 0.206. The first-order valence-corrected chi connectivity index (χ1v) is 11.6. The van der Waals surface area contributed by atoms with Gasteiger partial charge in [0, 0.05) is 57.2 Å². The minimum Gasteiger partial charge on any atom is -0.357 e. The molecule has 2 aliphatic heterocycles. The molecule has 1 saturated heterocycles. The van der Waals surface area contributed by atoms with Gasteiger partial charge in [-0.25, -0.2) is 4.98 Å². The van der Waals surface area contributed by atoms with Gasteiger partial charge in [-0.05, 0) is 43.7 Å². The number of aliphatic imine (C=N–C) groups is 1. The Balaban J connectivity index is 1.32. The molecule has 0 radical (unpaired) electrons. The maximum atomic E-state index is 12.7. The number of likely N-dealkylation sites (tertiary alicyclic amines) is 1. The summed E-state index contributed by atoms with van der Waals surface area (Å²) in [4.78, 5) is 26.1. The smallest absolute Gasteiger partial charge is 0.227 e. The molecule has 1 fully saturated rings. The first kappa shape index (κ1) is 21.4. The SMILES string of the molecule is CCNC(=NCCCC(=O)N1CCc2ccccc21)N1CCC(C)C(n2ccnc2)C1. The first-order chi connectivity index (χ1) is 15.2. The number of para-hydroxylation sites is 1. The molecule has 1 amide bonds. The quantitative estimate of drug-likeness (QED) is 0.441. The second-order valence-corrected chi connectivity index (χ2v) is 8.55. The molecule has 4 rings (SSSR count). The average molecular weight is 423 g/mol. The second-order valence-electron chi connectivity index (χ2n) is 8.55. The van der Waals surface area contributed by atoms with E-state index in [-0.39, 0.29) is 5.91 Å². The number of carbonyl (C=O) groups excluding carboxylic acids is 1. The summed E-state index contributed by atoms with van der Waals surface area (Å²) < 4.78 is 2.22. The van der Waals surface area contributed by atoms with E-state index in [0.717, 1.165) is 57.1 Å². The van der Waals surface area contributed by atoms with Crippen LogP contribution in [0, 0.1) is 5.92 Å². The van der Waals surface area contributed by atoms with Crippen molar-refractivity contribution in [1.29, 1.82) is 0 Å². The van der Waals surface area contributed by atoms with E-state index in [0.29, 0.717) is 24.9 Å². The molecule has 1 N–H and O–H groups in total. The fourth-order valence-electron chi connectivity index (χ4n) is 4.67. The number of piperidine rings is 1. The van der Waals surface area contributed by atoms with E-state index in [2.05, 4.69) is 51.9 Å². The number of benzene rings is 1. The fourth-order valence-corrected chi connectivity index (χ4v) is 4.67. The van der Waals surface area contributed by atoms with E-state index in [4.69, 9.17) is 4.99 Å². The Kier molecular flexibility index (Phi) is 6.89. The lowest BCUT2D eigenvalue weighted by atomic mass is 9.93. The van der Waals surface area contributed by atoms with Crippen LogP contribution in [0.2, 0.25) is 0 Å². The number of fused-ring (bicyclic) bond motifs is 1. The number of aromatic nitrogens is 2. The van der Waals surface area contributed by atoms with Crippen molar-refractivity contribution in [2.45, 2.75) is 45.6 Å². The van der Waals surface area contributed by atoms with Crippen molar-refractivity contribution in [3.63, 3.8) is 0 Å². The summed E-state index contributed by atoms with van der Waals surface area (Å²) in [5, 5.41) is 3.44. The molecule has 3 heterocycles. The zero-order chi connectivity index (χ0) is 21.6. The first-order valence-electron chi connectivity index (χ1n) is 11.6. The maximum absolute atomic E-state index is 12.7. The molecule has 0 aliphatic carbocycles. The Morgan fingerprint density at radius 2 is 2.16 bits per heavy atom. The van der Waals surface area contributed by atoms with Crippen LogP contribution in [0.1, 0.15) is 44.7 Å². The van der Waals surface area contributed by atoms with E-state index < -0.39 is 0 Å². The normalized spacial score (nSPS) is 21.3. The van der Waals surface area contributed by atoms with Gasteiger partial charge in [0.15, 0.2) is 5.96 Å². The Hall–Kier alpha value is -2.83. The molecule has 7 heteroatoms. The third-order valence-corrected chi connectivity index (χ3v) is 6.46. The monoisotopic (exact) mass is 422 g/mol. The lowest BCUT2D eigenvalue weighted by Crippen LogP contribution is -2.49. The summed E-state index contributed by atoms with van der Waals surface area (Å²) in [6.07, 6.45) is 9.19. The zero-order valence-electron chi connectivity index (χ0n) is 18.7. The molecule has 0 spiro atoms. The van der Waals surface area contributed by atoms with Crippen molar-refractivity contribution in [3.8, 4) is 0 Å². The van der Waals surface area contributed by atoms with Crippen LogP contribution in [0.5, 0.6) is 0 Å². The predicted octanol–water partition coefficient (Wildman–Crippen LogP) is 3.10. The van der Waals surface area contributed by atoms with Crippen LogP contribution in [-0.4, -0.2) is 59.0 Å². The van der Waals surface area contributed by atoms with E-state index in [1.165, 1.54) is 5.56 Å². The van der Waals surface area contributed by atoms with Crippen molar-refractivity contribution in [2.24, 2.45) is 10.9 Å². The summed E-state index contributed by atoms with van der Waals surface area (Å²) in [5.41, 5.74) is 2.35. The number of imidazole rings is 1. The van der Waals surface area contributed by atoms with Crippen LogP contribution in [0.4, 0.5) is 5.69 Å². The number of anilines is 1. The molecule has 0 bridgehead atoms. The van der Waals surface area contributed by atoms with E-state index in [1.807, 2.05) is 29.6 Å². The largest absolute Gasteiger partial charge is 0.357 e. The predicted molar refractivity (Wildman–Crippen MR) is 124 cm³/mol. The Bertz CT molecular complexity index is 893. The number of guanidine groups is 1. The Labute approximate surface area is 185 Å². The van der Waals surface area contributed by atoms with Crippen molar-refractivity contribution in [2.75, 3.05) is 37.6 Å². The van der Waals surface area contributed by atoms with Crippen LogP contribution < -0.4 is 10.2 Å². The van der Waals surface area contributed by atoms with Gasteiger partial charge in [0.1, 0.15) is 0 Å². The lowest BCUT2D eigenvalue weighted by molar-refractivity contribution is -0.118. The van der Waals surface area contributed by atoms with Gasteiger partial charge < -0.3 is 19.7 Å². The van der Waals surface area contributed by atoms with Crippen LogP contribution in [-0.2, 0) is 11.2 Å². The van der Waals surface area contributed by atoms with Gasteiger partial charge in [-0.15, -0.1) is 0 Å². The average Bonchev–Trinajstić information content (AvgIpc) is 3.46. The summed E-state index contributed by atoms with van der Waals surface area (Å²) in [5.74, 6) is 1.77.